The molecule has 5 nitrogen and oxygen atoms in total. The zero-order valence-corrected chi connectivity index (χ0v) is 10.2. The first-order valence-corrected chi connectivity index (χ1v) is 5.41. The van der Waals surface area contributed by atoms with E-state index in [1.807, 2.05) is 0 Å². The Labute approximate surface area is 105 Å². The Morgan fingerprint density at radius 1 is 1.28 bits per heavy atom. The van der Waals surface area contributed by atoms with Crippen LogP contribution in [-0.2, 0) is 0 Å². The number of hydrogen-bond acceptors (Lipinski definition) is 4. The predicted octanol–water partition coefficient (Wildman–Crippen LogP) is 1.76. The summed E-state index contributed by atoms with van der Waals surface area (Å²) in [6.07, 6.45) is 4.84. The smallest absolute Gasteiger partial charge is 0.280 e. The van der Waals surface area contributed by atoms with Crippen LogP contribution in [0.5, 0.6) is 5.75 Å². The molecule has 0 spiro atoms. The molecule has 92 valence electrons. The molecule has 0 aromatic carbocycles. The number of aromatic nitrogens is 2. The first-order chi connectivity index (χ1) is 8.74. The van der Waals surface area contributed by atoms with Gasteiger partial charge in [0.2, 0.25) is 0 Å². The number of pyridine rings is 2. The van der Waals surface area contributed by atoms with Crippen molar-refractivity contribution < 1.29 is 9.53 Å². The van der Waals surface area contributed by atoms with Gasteiger partial charge in [-0.15, -0.1) is 0 Å². The van der Waals surface area contributed by atoms with E-state index < -0.39 is 0 Å². The molecule has 2 aromatic rings. The topological polar surface area (TPSA) is 55.3 Å². The zero-order valence-electron chi connectivity index (χ0n) is 10.2. The van der Waals surface area contributed by atoms with Crippen LogP contribution >= 0.6 is 0 Å². The second-order valence-electron chi connectivity index (χ2n) is 3.63. The predicted molar refractivity (Wildman–Crippen MR) is 67.8 cm³/mol. The highest BCUT2D eigenvalue weighted by Gasteiger charge is 2.18. The molecule has 0 atom stereocenters. The van der Waals surface area contributed by atoms with Crippen molar-refractivity contribution in [1.29, 1.82) is 0 Å². The third-order valence-electron chi connectivity index (χ3n) is 2.53. The molecule has 0 radical (unpaired) electrons. The molecular formula is C13H13N3O2. The first-order valence-electron chi connectivity index (χ1n) is 5.41. The van der Waals surface area contributed by atoms with E-state index in [2.05, 4.69) is 9.97 Å². The summed E-state index contributed by atoms with van der Waals surface area (Å²) < 4.78 is 5.13. The number of carbonyl (C=O) groups excluding carboxylic acids is 1. The summed E-state index contributed by atoms with van der Waals surface area (Å²) in [7, 11) is 3.19. The third kappa shape index (κ3) is 2.29. The van der Waals surface area contributed by atoms with E-state index in [0.717, 1.165) is 0 Å². The largest absolute Gasteiger partial charge is 0.494 e. The van der Waals surface area contributed by atoms with Crippen molar-refractivity contribution in [3.05, 3.63) is 48.5 Å². The van der Waals surface area contributed by atoms with Gasteiger partial charge in [0, 0.05) is 19.4 Å². The Bertz CT molecular complexity index is 543. The standard InChI is InChI=1S/C13H13N3O2/c1-16(10-5-3-7-14-9-10)13(17)12-11(18-2)6-4-8-15-12/h3-9H,1-2H3. The van der Waals surface area contributed by atoms with E-state index in [4.69, 9.17) is 4.74 Å². The molecule has 0 fully saturated rings. The molecule has 2 heterocycles. The fourth-order valence-electron chi connectivity index (χ4n) is 1.54. The molecule has 1 amide bonds. The first kappa shape index (κ1) is 12.0. The molecule has 18 heavy (non-hydrogen) atoms. The molecule has 0 N–H and O–H groups in total. The molecule has 5 heteroatoms. The highest BCUT2D eigenvalue weighted by molar-refractivity contribution is 6.06. The molecule has 2 rings (SSSR count). The maximum atomic E-state index is 12.3. The van der Waals surface area contributed by atoms with Crippen molar-refractivity contribution in [3.63, 3.8) is 0 Å². The number of hydrogen-bond donors (Lipinski definition) is 0. The average molecular weight is 243 g/mol. The molecule has 0 aliphatic carbocycles. The van der Waals surface area contributed by atoms with Crippen LogP contribution in [0, 0.1) is 0 Å². The molecule has 2 aromatic heterocycles. The van der Waals surface area contributed by atoms with Gasteiger partial charge < -0.3 is 9.64 Å². The number of amides is 1. The summed E-state index contributed by atoms with van der Waals surface area (Å²) in [5.41, 5.74) is 0.988. The summed E-state index contributed by atoms with van der Waals surface area (Å²) in [4.78, 5) is 21.8. The van der Waals surface area contributed by atoms with Gasteiger partial charge in [-0.2, -0.15) is 0 Å². The van der Waals surface area contributed by atoms with Gasteiger partial charge >= 0.3 is 0 Å². The van der Waals surface area contributed by atoms with Crippen molar-refractivity contribution >= 4 is 11.6 Å². The average Bonchev–Trinajstić information content (AvgIpc) is 2.46. The van der Waals surface area contributed by atoms with Crippen LogP contribution in [0.1, 0.15) is 10.5 Å². The highest BCUT2D eigenvalue weighted by Crippen LogP contribution is 2.19. The molecule has 0 unspecified atom stereocenters. The lowest BCUT2D eigenvalue weighted by molar-refractivity contribution is 0.0985. The van der Waals surface area contributed by atoms with Crippen molar-refractivity contribution in [3.8, 4) is 5.75 Å². The van der Waals surface area contributed by atoms with Crippen LogP contribution in [0.2, 0.25) is 0 Å². The van der Waals surface area contributed by atoms with E-state index in [1.165, 1.54) is 12.0 Å². The van der Waals surface area contributed by atoms with Crippen LogP contribution < -0.4 is 9.64 Å². The number of methoxy groups -OCH3 is 1. The summed E-state index contributed by atoms with van der Waals surface area (Å²) in [6, 6.07) is 7.01. The fourth-order valence-corrected chi connectivity index (χ4v) is 1.54. The van der Waals surface area contributed by atoms with Crippen LogP contribution in [0.3, 0.4) is 0 Å². The summed E-state index contributed by atoms with van der Waals surface area (Å²) in [5.74, 6) is 0.221. The van der Waals surface area contributed by atoms with Crippen LogP contribution in [0.25, 0.3) is 0 Å². The minimum Gasteiger partial charge on any atom is -0.494 e. The lowest BCUT2D eigenvalue weighted by Crippen LogP contribution is -2.27. The number of ether oxygens (including phenoxy) is 1. The Balaban J connectivity index is 2.32. The highest BCUT2D eigenvalue weighted by atomic mass is 16.5. The number of nitrogens with zero attached hydrogens (tertiary/aromatic N) is 3. The Morgan fingerprint density at radius 3 is 2.72 bits per heavy atom. The lowest BCUT2D eigenvalue weighted by Gasteiger charge is -2.17. The minimum absolute atomic E-state index is 0.236. The minimum atomic E-state index is -0.236. The molecule has 0 aliphatic heterocycles. The van der Waals surface area contributed by atoms with Crippen molar-refractivity contribution in [2.24, 2.45) is 0 Å². The molecular weight excluding hydrogens is 230 g/mol. The van der Waals surface area contributed by atoms with Gasteiger partial charge in [0.15, 0.2) is 5.69 Å². The van der Waals surface area contributed by atoms with Crippen LogP contribution in [0.15, 0.2) is 42.9 Å². The van der Waals surface area contributed by atoms with E-state index in [1.54, 1.807) is 49.9 Å². The maximum Gasteiger partial charge on any atom is 0.280 e. The molecule has 0 aliphatic rings. The fraction of sp³-hybridized carbons (Fsp3) is 0.154. The van der Waals surface area contributed by atoms with Gasteiger partial charge in [0.05, 0.1) is 19.0 Å². The molecule has 0 saturated heterocycles. The Hall–Kier alpha value is -2.43. The van der Waals surface area contributed by atoms with Gasteiger partial charge in [0.1, 0.15) is 5.75 Å². The van der Waals surface area contributed by atoms with E-state index in [-0.39, 0.29) is 11.6 Å². The van der Waals surface area contributed by atoms with Crippen molar-refractivity contribution in [2.75, 3.05) is 19.1 Å². The van der Waals surface area contributed by atoms with Gasteiger partial charge in [-0.1, -0.05) is 0 Å². The zero-order chi connectivity index (χ0) is 13.0. The van der Waals surface area contributed by atoms with E-state index in [0.29, 0.717) is 11.4 Å². The normalized spacial score (nSPS) is 9.89. The summed E-state index contributed by atoms with van der Waals surface area (Å²) >= 11 is 0. The van der Waals surface area contributed by atoms with Crippen LogP contribution in [-0.4, -0.2) is 30.0 Å². The van der Waals surface area contributed by atoms with E-state index in [9.17, 15) is 4.79 Å². The molecule has 0 saturated carbocycles. The Morgan fingerprint density at radius 2 is 2.06 bits per heavy atom. The second kappa shape index (κ2) is 5.27. The number of rotatable bonds is 3. The molecule has 0 bridgehead atoms. The SMILES string of the molecule is COc1cccnc1C(=O)N(C)c1cccnc1. The van der Waals surface area contributed by atoms with E-state index >= 15 is 0 Å². The third-order valence-corrected chi connectivity index (χ3v) is 2.53. The monoisotopic (exact) mass is 243 g/mol. The van der Waals surface area contributed by atoms with Gasteiger partial charge in [-0.3, -0.25) is 9.78 Å². The second-order valence-corrected chi connectivity index (χ2v) is 3.63. The van der Waals surface area contributed by atoms with Gasteiger partial charge in [-0.25, -0.2) is 4.98 Å². The van der Waals surface area contributed by atoms with Crippen molar-refractivity contribution in [1.82, 2.24) is 9.97 Å². The number of anilines is 1. The van der Waals surface area contributed by atoms with Crippen LogP contribution in [0.4, 0.5) is 5.69 Å². The maximum absolute atomic E-state index is 12.3. The van der Waals surface area contributed by atoms with Crippen molar-refractivity contribution in [2.45, 2.75) is 0 Å². The summed E-state index contributed by atoms with van der Waals surface area (Å²) in [6.45, 7) is 0. The number of carbonyl (C=O) groups is 1. The lowest BCUT2D eigenvalue weighted by atomic mass is 10.2. The van der Waals surface area contributed by atoms with Gasteiger partial charge in [-0.05, 0) is 24.3 Å². The Kier molecular flexibility index (Phi) is 3.52. The summed E-state index contributed by atoms with van der Waals surface area (Å²) in [5, 5.41) is 0. The van der Waals surface area contributed by atoms with Gasteiger partial charge in [0.25, 0.3) is 5.91 Å². The quantitative estimate of drug-likeness (QED) is 0.824.